The summed E-state index contributed by atoms with van der Waals surface area (Å²) in [5.41, 5.74) is 3.88. The van der Waals surface area contributed by atoms with Crippen LogP contribution in [0.5, 0.6) is 0 Å². The molecule has 0 fully saturated rings. The number of hydrogen-bond acceptors (Lipinski definition) is 2. The summed E-state index contributed by atoms with van der Waals surface area (Å²) in [5, 5.41) is 2.08. The summed E-state index contributed by atoms with van der Waals surface area (Å²) in [6.45, 7) is 3.97. The Labute approximate surface area is 127 Å². The summed E-state index contributed by atoms with van der Waals surface area (Å²) in [4.78, 5) is 9.03. The molecule has 0 spiro atoms. The fraction of sp³-hybridized carbons (Fsp3) is 0.125. The molecule has 4 heteroatoms. The van der Waals surface area contributed by atoms with E-state index < -0.39 is 0 Å². The number of fused-ring (bicyclic) bond motifs is 1. The maximum absolute atomic E-state index is 6.28. The van der Waals surface area contributed by atoms with Crippen molar-refractivity contribution in [1.82, 2.24) is 9.97 Å². The first-order valence-electron chi connectivity index (χ1n) is 6.25. The van der Waals surface area contributed by atoms with Crippen LogP contribution in [0.25, 0.3) is 22.3 Å². The Morgan fingerprint density at radius 2 is 1.70 bits per heavy atom. The fourth-order valence-corrected chi connectivity index (χ4v) is 2.52. The minimum absolute atomic E-state index is 0.473. The summed E-state index contributed by atoms with van der Waals surface area (Å²) in [6, 6.07) is 11.6. The van der Waals surface area contributed by atoms with Crippen LogP contribution in [0.2, 0.25) is 10.2 Å². The van der Waals surface area contributed by atoms with Gasteiger partial charge in [0.15, 0.2) is 5.82 Å². The second-order valence-corrected chi connectivity index (χ2v) is 5.54. The van der Waals surface area contributed by atoms with Gasteiger partial charge in [0.05, 0.1) is 5.52 Å². The summed E-state index contributed by atoms with van der Waals surface area (Å²) in [7, 11) is 0. The lowest BCUT2D eigenvalue weighted by Gasteiger charge is -2.07. The van der Waals surface area contributed by atoms with Crippen LogP contribution in [0.1, 0.15) is 11.1 Å². The van der Waals surface area contributed by atoms with Crippen LogP contribution in [-0.4, -0.2) is 9.97 Å². The van der Waals surface area contributed by atoms with Gasteiger partial charge in [-0.25, -0.2) is 9.97 Å². The van der Waals surface area contributed by atoms with Gasteiger partial charge in [-0.3, -0.25) is 0 Å². The largest absolute Gasteiger partial charge is 0.228 e. The molecule has 0 atom stereocenters. The topological polar surface area (TPSA) is 25.8 Å². The first-order chi connectivity index (χ1) is 9.56. The molecular weight excluding hydrogens is 291 g/mol. The van der Waals surface area contributed by atoms with Crippen LogP contribution in [0.3, 0.4) is 0 Å². The van der Waals surface area contributed by atoms with Crippen molar-refractivity contribution in [2.75, 3.05) is 0 Å². The van der Waals surface area contributed by atoms with Crippen molar-refractivity contribution >= 4 is 34.1 Å². The zero-order chi connectivity index (χ0) is 14.3. The third kappa shape index (κ3) is 2.26. The molecule has 3 rings (SSSR count). The minimum atomic E-state index is 0.473. The van der Waals surface area contributed by atoms with Gasteiger partial charge >= 0.3 is 0 Å². The summed E-state index contributed by atoms with van der Waals surface area (Å²) >= 11 is 12.3. The maximum Gasteiger partial charge on any atom is 0.161 e. The molecule has 3 aromatic rings. The van der Waals surface area contributed by atoms with Crippen LogP contribution in [-0.2, 0) is 0 Å². The molecule has 0 saturated carbocycles. The normalized spacial score (nSPS) is 11.0. The highest BCUT2D eigenvalue weighted by Crippen LogP contribution is 2.28. The van der Waals surface area contributed by atoms with Crippen LogP contribution >= 0.6 is 23.2 Å². The number of aromatic nitrogens is 2. The van der Waals surface area contributed by atoms with Crippen molar-refractivity contribution in [1.29, 1.82) is 0 Å². The second-order valence-electron chi connectivity index (χ2n) is 4.77. The number of nitrogens with zero attached hydrogens (tertiary/aromatic N) is 2. The van der Waals surface area contributed by atoms with Crippen molar-refractivity contribution in [2.24, 2.45) is 0 Å². The molecule has 0 aliphatic carbocycles. The Morgan fingerprint density at radius 3 is 2.45 bits per heavy atom. The van der Waals surface area contributed by atoms with E-state index in [1.165, 1.54) is 0 Å². The highest BCUT2D eigenvalue weighted by Gasteiger charge is 2.10. The van der Waals surface area contributed by atoms with E-state index >= 15 is 0 Å². The van der Waals surface area contributed by atoms with E-state index in [-0.39, 0.29) is 0 Å². The molecule has 1 aromatic heterocycles. The van der Waals surface area contributed by atoms with Gasteiger partial charge in [-0.1, -0.05) is 35.3 Å². The molecule has 2 nitrogen and oxygen atoms in total. The molecule has 0 saturated heterocycles. The molecule has 0 aliphatic heterocycles. The van der Waals surface area contributed by atoms with E-state index in [9.17, 15) is 0 Å². The molecule has 0 bridgehead atoms. The monoisotopic (exact) mass is 302 g/mol. The molecule has 20 heavy (non-hydrogen) atoms. The summed E-state index contributed by atoms with van der Waals surface area (Å²) in [5.74, 6) is 0.622. The SMILES string of the molecule is Cc1cc(-c2nc(Cl)c3cccc(C)c3n2)ccc1Cl. The Kier molecular flexibility index (Phi) is 3.36. The Balaban J connectivity index is 2.26. The number of halogens is 2. The Bertz CT molecular complexity index is 813. The van der Waals surface area contributed by atoms with E-state index in [0.717, 1.165) is 32.6 Å². The van der Waals surface area contributed by atoms with E-state index in [1.54, 1.807) is 0 Å². The highest BCUT2D eigenvalue weighted by molar-refractivity contribution is 6.34. The lowest BCUT2D eigenvalue weighted by molar-refractivity contribution is 1.21. The van der Waals surface area contributed by atoms with Crippen molar-refractivity contribution in [2.45, 2.75) is 13.8 Å². The lowest BCUT2D eigenvalue weighted by atomic mass is 10.1. The van der Waals surface area contributed by atoms with Crippen LogP contribution in [0.4, 0.5) is 0 Å². The fourth-order valence-electron chi connectivity index (χ4n) is 2.17. The molecule has 0 radical (unpaired) electrons. The molecular formula is C16H12Cl2N2. The molecule has 2 aromatic carbocycles. The standard InChI is InChI=1S/C16H12Cl2N2/c1-9-4-3-5-12-14(9)19-16(20-15(12)18)11-6-7-13(17)10(2)8-11/h3-8H,1-2H3. The molecule has 100 valence electrons. The average molecular weight is 303 g/mol. The van der Waals surface area contributed by atoms with Gasteiger partial charge in [-0.15, -0.1) is 0 Å². The molecule has 0 unspecified atom stereocenters. The Hall–Kier alpha value is -1.64. The van der Waals surface area contributed by atoms with Gasteiger partial charge < -0.3 is 0 Å². The van der Waals surface area contributed by atoms with Crippen LogP contribution < -0.4 is 0 Å². The summed E-state index contributed by atoms with van der Waals surface area (Å²) < 4.78 is 0. The Morgan fingerprint density at radius 1 is 0.900 bits per heavy atom. The third-order valence-corrected chi connectivity index (χ3v) is 4.01. The minimum Gasteiger partial charge on any atom is -0.228 e. The van der Waals surface area contributed by atoms with E-state index in [0.29, 0.717) is 11.0 Å². The third-order valence-electron chi connectivity index (χ3n) is 3.30. The van der Waals surface area contributed by atoms with Gasteiger partial charge in [-0.05, 0) is 49.2 Å². The molecule has 0 aliphatic rings. The van der Waals surface area contributed by atoms with Crippen LogP contribution in [0.15, 0.2) is 36.4 Å². The number of benzene rings is 2. The number of hydrogen-bond donors (Lipinski definition) is 0. The lowest BCUT2D eigenvalue weighted by Crippen LogP contribution is -1.94. The van der Waals surface area contributed by atoms with Gasteiger partial charge in [-0.2, -0.15) is 0 Å². The molecule has 1 heterocycles. The first kappa shape index (κ1) is 13.3. The molecule has 0 N–H and O–H groups in total. The van der Waals surface area contributed by atoms with E-state index in [2.05, 4.69) is 9.97 Å². The summed E-state index contributed by atoms with van der Waals surface area (Å²) in [6.07, 6.45) is 0. The molecule has 0 amide bonds. The zero-order valence-corrected chi connectivity index (χ0v) is 12.6. The van der Waals surface area contributed by atoms with Crippen molar-refractivity contribution < 1.29 is 0 Å². The highest BCUT2D eigenvalue weighted by atomic mass is 35.5. The van der Waals surface area contributed by atoms with Gasteiger partial charge in [0, 0.05) is 16.0 Å². The van der Waals surface area contributed by atoms with Crippen molar-refractivity contribution in [3.63, 3.8) is 0 Å². The maximum atomic E-state index is 6.28. The smallest absolute Gasteiger partial charge is 0.161 e. The van der Waals surface area contributed by atoms with Gasteiger partial charge in [0.1, 0.15) is 5.15 Å². The van der Waals surface area contributed by atoms with Gasteiger partial charge in [0.25, 0.3) is 0 Å². The average Bonchev–Trinajstić information content (AvgIpc) is 2.43. The number of aryl methyl sites for hydroxylation is 2. The van der Waals surface area contributed by atoms with E-state index in [4.69, 9.17) is 23.2 Å². The van der Waals surface area contributed by atoms with Crippen LogP contribution in [0, 0.1) is 13.8 Å². The number of para-hydroxylation sites is 1. The number of rotatable bonds is 1. The zero-order valence-electron chi connectivity index (χ0n) is 11.1. The van der Waals surface area contributed by atoms with E-state index in [1.807, 2.05) is 50.2 Å². The quantitative estimate of drug-likeness (QED) is 0.576. The van der Waals surface area contributed by atoms with Crippen molar-refractivity contribution in [3.8, 4) is 11.4 Å². The predicted octanol–water partition coefficient (Wildman–Crippen LogP) is 5.22. The second kappa shape index (κ2) is 5.04. The predicted molar refractivity (Wildman–Crippen MR) is 84.5 cm³/mol. The first-order valence-corrected chi connectivity index (χ1v) is 7.01. The van der Waals surface area contributed by atoms with Crippen molar-refractivity contribution in [3.05, 3.63) is 57.7 Å². The van der Waals surface area contributed by atoms with Gasteiger partial charge in [0.2, 0.25) is 0 Å².